The van der Waals surface area contributed by atoms with Crippen molar-refractivity contribution in [1.82, 2.24) is 34.4 Å². The number of nitrogens with two attached hydrogens (primary N) is 1. The van der Waals surface area contributed by atoms with Crippen molar-refractivity contribution >= 4 is 38.1 Å². The number of piperidine rings is 1. The number of carbonyl (C=O) groups is 1. The van der Waals surface area contributed by atoms with Crippen LogP contribution in [0.25, 0.3) is 22.3 Å². The van der Waals surface area contributed by atoms with Crippen molar-refractivity contribution in [3.8, 4) is 28.8 Å². The van der Waals surface area contributed by atoms with Crippen molar-refractivity contribution in [3.63, 3.8) is 0 Å². The summed E-state index contributed by atoms with van der Waals surface area (Å²) in [5.41, 5.74) is 7.21. The molecule has 268 valence electrons. The van der Waals surface area contributed by atoms with Crippen LogP contribution in [-0.2, 0) is 9.53 Å². The molecule has 0 saturated carbocycles. The fourth-order valence-electron chi connectivity index (χ4n) is 7.39. The number of halogens is 1. The van der Waals surface area contributed by atoms with Gasteiger partial charge in [-0.05, 0) is 57.2 Å². The minimum Gasteiger partial charge on any atom is -0.457 e. The molecule has 12 nitrogen and oxygen atoms in total. The lowest BCUT2D eigenvalue weighted by Gasteiger charge is -2.47. The monoisotopic (exact) mass is 713 g/mol. The van der Waals surface area contributed by atoms with Gasteiger partial charge in [-0.2, -0.15) is 20.8 Å². The summed E-state index contributed by atoms with van der Waals surface area (Å²) in [6.07, 6.45) is 4.82. The number of anilines is 1. The third-order valence-electron chi connectivity index (χ3n) is 10.2. The van der Waals surface area contributed by atoms with E-state index < -0.39 is 16.3 Å². The fourth-order valence-corrected chi connectivity index (χ4v) is 9.36. The lowest BCUT2D eigenvalue weighted by atomic mass is 10.0. The average molecular weight is 714 g/mol. The number of nitriles is 1. The molecule has 0 radical (unpaired) electrons. The normalized spacial score (nSPS) is 20.1. The highest BCUT2D eigenvalue weighted by Gasteiger charge is 2.36. The van der Waals surface area contributed by atoms with Gasteiger partial charge in [-0.25, -0.2) is 19.0 Å². The first-order chi connectivity index (χ1) is 24.6. The number of para-hydroxylation sites is 1. The maximum Gasteiger partial charge on any atom is 0.270 e. The number of benzene rings is 2. The van der Waals surface area contributed by atoms with Gasteiger partial charge in [0.1, 0.15) is 46.1 Å². The van der Waals surface area contributed by atoms with Crippen LogP contribution >= 0.6 is 10.5 Å². The first-order valence-corrected chi connectivity index (χ1v) is 19.2. The largest absolute Gasteiger partial charge is 0.457 e. The number of fused-ring (bicyclic) bond motifs is 1. The van der Waals surface area contributed by atoms with Crippen LogP contribution < -0.4 is 10.5 Å². The average Bonchev–Trinajstić information content (AvgIpc) is 3.49. The molecule has 2 aromatic carbocycles. The zero-order valence-electron chi connectivity index (χ0n) is 29.3. The minimum absolute atomic E-state index is 0.169. The molecule has 3 fully saturated rings. The van der Waals surface area contributed by atoms with E-state index in [1.807, 2.05) is 24.5 Å². The number of nitrogen functional groups attached to an aromatic ring is 1. The number of nitrogens with zero attached hydrogens (tertiary/aromatic N) is 8. The van der Waals surface area contributed by atoms with Crippen LogP contribution in [0.3, 0.4) is 0 Å². The molecule has 4 aromatic rings. The van der Waals surface area contributed by atoms with E-state index in [-0.39, 0.29) is 28.9 Å². The molecule has 7 rings (SSSR count). The SMILES string of the molecule is C/S(CC(C)(C)N1CCN(C2COC2)CC1)=C(/C#N)C(=O)N1CCC[C@@H](n2nc(-c3ccc(Oc4ccccc4)cc3F)c3c(N)ncnc32)C1. The molecule has 1 unspecified atom stereocenters. The van der Waals surface area contributed by atoms with Crippen molar-refractivity contribution in [1.29, 1.82) is 5.26 Å². The standard InChI is InChI=1S/C37H44FN9O3S/c1-37(2,46-16-14-44(15-17-46)26-21-49-22-26)23-51(3)31(19-39)36(48)45-13-7-8-25(20-45)47-35-32(34(40)41-24-42-35)33(43-47)29-12-11-28(18-30(29)38)50-27-9-5-4-6-10-27/h4-6,9-12,18,24-26H,7-8,13-17,20-23H2,1-3H3,(H2,40,41,42)/t25-,51?/m1/s1. The number of likely N-dealkylation sites (tertiary alicyclic amines) is 1. The highest BCUT2D eigenvalue weighted by atomic mass is 32.2. The smallest absolute Gasteiger partial charge is 0.270 e. The van der Waals surface area contributed by atoms with E-state index in [1.54, 1.807) is 33.8 Å². The van der Waals surface area contributed by atoms with Gasteiger partial charge >= 0.3 is 0 Å². The van der Waals surface area contributed by atoms with Crippen molar-refractivity contribution in [2.75, 3.05) is 70.2 Å². The summed E-state index contributed by atoms with van der Waals surface area (Å²) in [6.45, 7) is 10.8. The van der Waals surface area contributed by atoms with Gasteiger partial charge in [-0.3, -0.25) is 14.6 Å². The van der Waals surface area contributed by atoms with Crippen LogP contribution in [0, 0.1) is 17.1 Å². The Labute approximate surface area is 299 Å². The van der Waals surface area contributed by atoms with Gasteiger partial charge in [0.25, 0.3) is 5.91 Å². The second kappa shape index (κ2) is 14.7. The van der Waals surface area contributed by atoms with Gasteiger partial charge in [-0.15, -0.1) is 0 Å². The summed E-state index contributed by atoms with van der Waals surface area (Å²) in [4.78, 5) is 29.8. The van der Waals surface area contributed by atoms with Crippen LogP contribution in [0.4, 0.5) is 10.2 Å². The number of hydrogen-bond donors (Lipinski definition) is 1. The lowest BCUT2D eigenvalue weighted by Crippen LogP contribution is -2.60. The van der Waals surface area contributed by atoms with Gasteiger partial charge in [0, 0.05) is 62.2 Å². The van der Waals surface area contributed by atoms with Crippen molar-refractivity contribution < 1.29 is 18.7 Å². The summed E-state index contributed by atoms with van der Waals surface area (Å²) >= 11 is 0. The molecule has 5 heterocycles. The summed E-state index contributed by atoms with van der Waals surface area (Å²) in [6, 6.07) is 16.3. The summed E-state index contributed by atoms with van der Waals surface area (Å²) in [5.74, 6) is 1.09. The van der Waals surface area contributed by atoms with E-state index in [0.717, 1.165) is 51.6 Å². The van der Waals surface area contributed by atoms with Crippen molar-refractivity contribution in [2.45, 2.75) is 44.3 Å². The molecule has 2 aromatic heterocycles. The van der Waals surface area contributed by atoms with Gasteiger partial charge in [0.05, 0.1) is 30.7 Å². The predicted molar refractivity (Wildman–Crippen MR) is 197 cm³/mol. The van der Waals surface area contributed by atoms with E-state index in [2.05, 4.69) is 39.7 Å². The molecule has 14 heteroatoms. The zero-order chi connectivity index (χ0) is 35.7. The Morgan fingerprint density at radius 3 is 2.53 bits per heavy atom. The number of carbonyl (C=O) groups excluding carboxylic acids is 1. The number of piperazine rings is 1. The topological polar surface area (TPSA) is 139 Å². The maximum absolute atomic E-state index is 15.7. The number of amides is 1. The number of hydrogen-bond acceptors (Lipinski definition) is 10. The molecule has 3 aliphatic heterocycles. The van der Waals surface area contributed by atoms with Crippen LogP contribution in [0.15, 0.2) is 54.9 Å². The minimum atomic E-state index is -0.561. The van der Waals surface area contributed by atoms with E-state index in [4.69, 9.17) is 20.3 Å². The zero-order valence-corrected chi connectivity index (χ0v) is 30.1. The Balaban J connectivity index is 1.10. The van der Waals surface area contributed by atoms with Crippen molar-refractivity contribution in [3.05, 3.63) is 60.7 Å². The van der Waals surface area contributed by atoms with Crippen LogP contribution in [-0.4, -0.2) is 121 Å². The first kappa shape index (κ1) is 35.0. The van der Waals surface area contributed by atoms with Gasteiger partial charge < -0.3 is 20.1 Å². The molecule has 51 heavy (non-hydrogen) atoms. The Kier molecular flexibility index (Phi) is 10.1. The summed E-state index contributed by atoms with van der Waals surface area (Å²) in [5, 5.41) is 15.6. The highest BCUT2D eigenvalue weighted by molar-refractivity contribution is 8.16. The third-order valence-corrected chi connectivity index (χ3v) is 12.3. The second-order valence-electron chi connectivity index (χ2n) is 14.1. The number of rotatable bonds is 9. The predicted octanol–water partition coefficient (Wildman–Crippen LogP) is 4.56. The second-order valence-corrected chi connectivity index (χ2v) is 16.1. The molecule has 0 spiro atoms. The Hall–Kier alpha value is -4.42. The Morgan fingerprint density at radius 2 is 1.84 bits per heavy atom. The molecular weight excluding hydrogens is 670 g/mol. The van der Waals surface area contributed by atoms with Gasteiger partial charge in [-0.1, -0.05) is 18.2 Å². The first-order valence-electron chi connectivity index (χ1n) is 17.4. The van der Waals surface area contributed by atoms with E-state index in [9.17, 15) is 10.1 Å². The quantitative estimate of drug-likeness (QED) is 0.246. The third kappa shape index (κ3) is 7.21. The van der Waals surface area contributed by atoms with Gasteiger partial charge in [0.15, 0.2) is 5.65 Å². The van der Waals surface area contributed by atoms with Crippen molar-refractivity contribution in [2.24, 2.45) is 0 Å². The number of ether oxygens (including phenoxy) is 2. The molecule has 0 aliphatic carbocycles. The van der Waals surface area contributed by atoms with E-state index >= 15 is 4.39 Å². The van der Waals surface area contributed by atoms with Crippen LogP contribution in [0.2, 0.25) is 0 Å². The number of aromatic nitrogens is 4. The Bertz CT molecular complexity index is 1980. The van der Waals surface area contributed by atoms with E-state index in [0.29, 0.717) is 58.6 Å². The fraction of sp³-hybridized carbons (Fsp3) is 0.459. The molecule has 2 N–H and O–H groups in total. The molecule has 1 amide bonds. The molecule has 3 saturated heterocycles. The highest BCUT2D eigenvalue weighted by Crippen LogP contribution is 2.37. The molecular formula is C37H44FN9O3S. The lowest BCUT2D eigenvalue weighted by molar-refractivity contribution is -0.125. The summed E-state index contributed by atoms with van der Waals surface area (Å²) in [7, 11) is -0.561. The molecule has 3 aliphatic rings. The van der Waals surface area contributed by atoms with E-state index in [1.165, 1.54) is 12.4 Å². The summed E-state index contributed by atoms with van der Waals surface area (Å²) < 4.78 is 28.7. The maximum atomic E-state index is 15.7. The molecule has 2 atom stereocenters. The van der Waals surface area contributed by atoms with Gasteiger partial charge in [0.2, 0.25) is 0 Å². The Morgan fingerprint density at radius 1 is 1.08 bits per heavy atom. The van der Waals surface area contributed by atoms with Crippen LogP contribution in [0.5, 0.6) is 11.5 Å². The van der Waals surface area contributed by atoms with Crippen LogP contribution in [0.1, 0.15) is 32.7 Å². The molecule has 0 bridgehead atoms.